The molecule has 0 spiro atoms. The van der Waals surface area contributed by atoms with E-state index in [9.17, 15) is 12.8 Å². The molecule has 0 saturated carbocycles. The Hall–Kier alpha value is -1.14. The fourth-order valence-corrected chi connectivity index (χ4v) is 2.53. The molecule has 0 radical (unpaired) electrons. The monoisotopic (exact) mass is 288 g/mol. The number of benzene rings is 1. The molecule has 2 N–H and O–H groups in total. The molecule has 1 unspecified atom stereocenters. The SMILES string of the molecule is Cc1c(F)cccc1NS(=O)(=O)C(C)CNC(C)C. The minimum Gasteiger partial charge on any atom is -0.313 e. The Balaban J connectivity index is 2.82. The van der Waals surface area contributed by atoms with Crippen LogP contribution < -0.4 is 10.0 Å². The van der Waals surface area contributed by atoms with Crippen molar-refractivity contribution >= 4 is 15.7 Å². The van der Waals surface area contributed by atoms with Crippen molar-refractivity contribution in [3.63, 3.8) is 0 Å². The highest BCUT2D eigenvalue weighted by Gasteiger charge is 2.21. The molecular formula is C13H21FN2O2S. The van der Waals surface area contributed by atoms with Gasteiger partial charge in [-0.3, -0.25) is 4.72 Å². The third-order valence-electron chi connectivity index (χ3n) is 2.86. The maximum absolute atomic E-state index is 13.4. The highest BCUT2D eigenvalue weighted by Crippen LogP contribution is 2.19. The first-order chi connectivity index (χ1) is 8.74. The van der Waals surface area contributed by atoms with Gasteiger partial charge in [0.15, 0.2) is 0 Å². The molecule has 0 heterocycles. The average Bonchev–Trinajstić information content (AvgIpc) is 2.31. The van der Waals surface area contributed by atoms with Crippen LogP contribution in [-0.2, 0) is 10.0 Å². The van der Waals surface area contributed by atoms with Gasteiger partial charge < -0.3 is 5.32 Å². The van der Waals surface area contributed by atoms with Gasteiger partial charge in [-0.15, -0.1) is 0 Å². The van der Waals surface area contributed by atoms with Crippen LogP contribution in [0.1, 0.15) is 26.3 Å². The van der Waals surface area contributed by atoms with E-state index in [1.54, 1.807) is 19.9 Å². The van der Waals surface area contributed by atoms with Gasteiger partial charge in [-0.1, -0.05) is 19.9 Å². The van der Waals surface area contributed by atoms with Crippen LogP contribution >= 0.6 is 0 Å². The molecule has 1 aromatic carbocycles. The van der Waals surface area contributed by atoms with Gasteiger partial charge in [0.2, 0.25) is 10.0 Å². The Bertz CT molecular complexity index is 529. The average molecular weight is 288 g/mol. The van der Waals surface area contributed by atoms with Crippen LogP contribution in [0.3, 0.4) is 0 Å². The Morgan fingerprint density at radius 2 is 1.89 bits per heavy atom. The maximum Gasteiger partial charge on any atom is 0.236 e. The number of sulfonamides is 1. The lowest BCUT2D eigenvalue weighted by Gasteiger charge is -2.18. The standard InChI is InChI=1S/C13H21FN2O2S/c1-9(2)15-8-10(3)19(17,18)16-13-7-5-6-12(14)11(13)4/h5-7,9-10,15-16H,8H2,1-4H3. The van der Waals surface area contributed by atoms with Crippen LogP contribution in [0.4, 0.5) is 10.1 Å². The molecule has 0 saturated heterocycles. The van der Waals surface area contributed by atoms with Crippen LogP contribution in [0.15, 0.2) is 18.2 Å². The summed E-state index contributed by atoms with van der Waals surface area (Å²) < 4.78 is 40.0. The van der Waals surface area contributed by atoms with Crippen LogP contribution in [0.25, 0.3) is 0 Å². The van der Waals surface area contributed by atoms with Crippen LogP contribution in [-0.4, -0.2) is 26.3 Å². The number of hydrogen-bond acceptors (Lipinski definition) is 3. The number of rotatable bonds is 6. The molecule has 0 aliphatic rings. The summed E-state index contributed by atoms with van der Waals surface area (Å²) in [4.78, 5) is 0. The highest BCUT2D eigenvalue weighted by atomic mass is 32.2. The van der Waals surface area contributed by atoms with Crippen LogP contribution in [0, 0.1) is 12.7 Å². The zero-order chi connectivity index (χ0) is 14.6. The topological polar surface area (TPSA) is 58.2 Å². The molecule has 0 aliphatic heterocycles. The quantitative estimate of drug-likeness (QED) is 0.844. The normalized spacial score (nSPS) is 13.6. The second-order valence-corrected chi connectivity index (χ2v) is 7.03. The summed E-state index contributed by atoms with van der Waals surface area (Å²) in [6, 6.07) is 4.56. The van der Waals surface area contributed by atoms with E-state index in [-0.39, 0.29) is 11.7 Å². The Morgan fingerprint density at radius 3 is 2.47 bits per heavy atom. The lowest BCUT2D eigenvalue weighted by molar-refractivity contribution is 0.553. The van der Waals surface area contributed by atoms with E-state index < -0.39 is 21.1 Å². The van der Waals surface area contributed by atoms with E-state index in [2.05, 4.69) is 10.0 Å². The van der Waals surface area contributed by atoms with E-state index in [4.69, 9.17) is 0 Å². The first kappa shape index (κ1) is 15.9. The Labute approximate surface area is 114 Å². The van der Waals surface area contributed by atoms with E-state index in [1.807, 2.05) is 13.8 Å². The summed E-state index contributed by atoms with van der Waals surface area (Å²) in [7, 11) is -3.53. The van der Waals surface area contributed by atoms with Crippen molar-refractivity contribution < 1.29 is 12.8 Å². The van der Waals surface area contributed by atoms with Crippen LogP contribution in [0.2, 0.25) is 0 Å². The maximum atomic E-state index is 13.4. The molecule has 19 heavy (non-hydrogen) atoms. The van der Waals surface area contributed by atoms with Gasteiger partial charge in [-0.25, -0.2) is 12.8 Å². The van der Waals surface area contributed by atoms with Crippen molar-refractivity contribution in [1.29, 1.82) is 0 Å². The summed E-state index contributed by atoms with van der Waals surface area (Å²) in [6.45, 7) is 7.41. The summed E-state index contributed by atoms with van der Waals surface area (Å²) >= 11 is 0. The highest BCUT2D eigenvalue weighted by molar-refractivity contribution is 7.93. The number of hydrogen-bond donors (Lipinski definition) is 2. The van der Waals surface area contributed by atoms with Gasteiger partial charge in [0.25, 0.3) is 0 Å². The number of nitrogens with one attached hydrogen (secondary N) is 2. The second kappa shape index (κ2) is 6.34. The molecule has 0 aliphatic carbocycles. The fourth-order valence-electron chi connectivity index (χ4n) is 1.48. The molecule has 0 amide bonds. The van der Waals surface area contributed by atoms with Gasteiger partial charge in [-0.05, 0) is 26.0 Å². The smallest absolute Gasteiger partial charge is 0.236 e. The molecule has 4 nitrogen and oxygen atoms in total. The fraction of sp³-hybridized carbons (Fsp3) is 0.538. The zero-order valence-corrected chi connectivity index (χ0v) is 12.5. The van der Waals surface area contributed by atoms with E-state index in [0.29, 0.717) is 12.1 Å². The summed E-state index contributed by atoms with van der Waals surface area (Å²) in [6.07, 6.45) is 0. The van der Waals surface area contributed by atoms with Crippen molar-refractivity contribution in [2.45, 2.75) is 39.0 Å². The minimum absolute atomic E-state index is 0.216. The number of halogens is 1. The summed E-state index contributed by atoms with van der Waals surface area (Å²) in [5.41, 5.74) is 0.589. The predicted octanol–water partition coefficient (Wildman–Crippen LogP) is 2.26. The summed E-state index contributed by atoms with van der Waals surface area (Å²) in [5.74, 6) is -0.423. The first-order valence-electron chi connectivity index (χ1n) is 6.24. The molecule has 1 rings (SSSR count). The summed E-state index contributed by atoms with van der Waals surface area (Å²) in [5, 5.41) is 2.47. The second-order valence-electron chi connectivity index (χ2n) is 4.93. The van der Waals surface area contributed by atoms with E-state index >= 15 is 0 Å². The molecule has 1 atom stereocenters. The van der Waals surface area contributed by atoms with Gasteiger partial charge >= 0.3 is 0 Å². The lowest BCUT2D eigenvalue weighted by atomic mass is 10.2. The Morgan fingerprint density at radius 1 is 1.26 bits per heavy atom. The third kappa shape index (κ3) is 4.47. The lowest BCUT2D eigenvalue weighted by Crippen LogP contribution is -2.37. The van der Waals surface area contributed by atoms with Crippen molar-refractivity contribution in [3.8, 4) is 0 Å². The van der Waals surface area contributed by atoms with E-state index in [0.717, 1.165) is 0 Å². The predicted molar refractivity (Wildman–Crippen MR) is 76.3 cm³/mol. The largest absolute Gasteiger partial charge is 0.313 e. The van der Waals surface area contributed by atoms with Crippen molar-refractivity contribution in [1.82, 2.24) is 5.32 Å². The third-order valence-corrected chi connectivity index (χ3v) is 4.59. The molecule has 0 aromatic heterocycles. The van der Waals surface area contributed by atoms with Gasteiger partial charge in [0.1, 0.15) is 5.82 Å². The van der Waals surface area contributed by atoms with Gasteiger partial charge in [-0.2, -0.15) is 0 Å². The number of anilines is 1. The molecule has 6 heteroatoms. The van der Waals surface area contributed by atoms with Crippen molar-refractivity contribution in [2.24, 2.45) is 0 Å². The molecule has 0 fully saturated rings. The molecule has 108 valence electrons. The molecule has 0 bridgehead atoms. The van der Waals surface area contributed by atoms with Crippen molar-refractivity contribution in [3.05, 3.63) is 29.6 Å². The van der Waals surface area contributed by atoms with E-state index in [1.165, 1.54) is 12.1 Å². The van der Waals surface area contributed by atoms with Gasteiger partial charge in [0.05, 0.1) is 10.9 Å². The van der Waals surface area contributed by atoms with Crippen LogP contribution in [0.5, 0.6) is 0 Å². The first-order valence-corrected chi connectivity index (χ1v) is 7.79. The Kier molecular flexibility index (Phi) is 5.31. The van der Waals surface area contributed by atoms with Gasteiger partial charge in [0, 0.05) is 18.2 Å². The zero-order valence-electron chi connectivity index (χ0n) is 11.7. The molecule has 1 aromatic rings. The molecular weight excluding hydrogens is 267 g/mol. The minimum atomic E-state index is -3.53. The van der Waals surface area contributed by atoms with Crippen molar-refractivity contribution in [2.75, 3.05) is 11.3 Å².